The Morgan fingerprint density at radius 2 is 1.84 bits per heavy atom. The summed E-state index contributed by atoms with van der Waals surface area (Å²) < 4.78 is 0. The number of aromatic nitrogens is 1. The largest absolute Gasteiger partial charge is 0.340 e. The van der Waals surface area contributed by atoms with E-state index in [2.05, 4.69) is 17.3 Å². The van der Waals surface area contributed by atoms with E-state index in [1.165, 1.54) is 11.3 Å². The molecule has 31 heavy (non-hydrogen) atoms. The highest BCUT2D eigenvalue weighted by Gasteiger charge is 2.34. The van der Waals surface area contributed by atoms with Crippen molar-refractivity contribution in [2.24, 2.45) is 0 Å². The van der Waals surface area contributed by atoms with Crippen molar-refractivity contribution in [1.82, 2.24) is 14.8 Å². The summed E-state index contributed by atoms with van der Waals surface area (Å²) in [7, 11) is 2.09. The van der Waals surface area contributed by atoms with Gasteiger partial charge in [-0.05, 0) is 49.2 Å². The number of hydrogen-bond acceptors (Lipinski definition) is 5. The van der Waals surface area contributed by atoms with Crippen LogP contribution in [-0.2, 0) is 11.2 Å². The first-order valence-corrected chi connectivity index (χ1v) is 11.7. The fraction of sp³-hybridized carbons (Fsp3) is 0.375. The molecule has 6 nitrogen and oxygen atoms in total. The number of amides is 2. The summed E-state index contributed by atoms with van der Waals surface area (Å²) in [6, 6.07) is 13.7. The van der Waals surface area contributed by atoms with Crippen LogP contribution in [0.3, 0.4) is 0 Å². The lowest BCUT2D eigenvalue weighted by Crippen LogP contribution is -2.48. The molecule has 1 aliphatic heterocycles. The van der Waals surface area contributed by atoms with Crippen molar-refractivity contribution in [1.29, 1.82) is 0 Å². The zero-order valence-corrected chi connectivity index (χ0v) is 18.5. The molecule has 2 aliphatic rings. The molecule has 0 spiro atoms. The number of benzene rings is 2. The molecule has 1 aliphatic carbocycles. The van der Waals surface area contributed by atoms with Gasteiger partial charge in [0.1, 0.15) is 0 Å². The normalized spacial score (nSPS) is 19.3. The molecule has 7 heteroatoms. The van der Waals surface area contributed by atoms with Crippen LogP contribution >= 0.6 is 11.3 Å². The molecule has 1 saturated heterocycles. The van der Waals surface area contributed by atoms with Crippen LogP contribution < -0.4 is 5.32 Å². The number of thiazole rings is 1. The minimum absolute atomic E-state index is 0.168. The van der Waals surface area contributed by atoms with Crippen molar-refractivity contribution < 1.29 is 9.59 Å². The van der Waals surface area contributed by atoms with Gasteiger partial charge in [0.25, 0.3) is 5.91 Å². The second kappa shape index (κ2) is 8.40. The maximum absolute atomic E-state index is 13.2. The van der Waals surface area contributed by atoms with Crippen LogP contribution in [0.5, 0.6) is 0 Å². The maximum atomic E-state index is 13.2. The summed E-state index contributed by atoms with van der Waals surface area (Å²) in [6.45, 7) is 3.37. The average molecular weight is 435 g/mol. The van der Waals surface area contributed by atoms with Gasteiger partial charge in [-0.2, -0.15) is 0 Å². The molecule has 3 aromatic rings. The summed E-state index contributed by atoms with van der Waals surface area (Å²) in [5.74, 6) is -0.166. The number of nitrogens with zero attached hydrogens (tertiary/aromatic N) is 3. The second-order valence-electron chi connectivity index (χ2n) is 8.42. The van der Waals surface area contributed by atoms with Gasteiger partial charge in [-0.15, -0.1) is 11.3 Å². The van der Waals surface area contributed by atoms with Crippen molar-refractivity contribution in [2.75, 3.05) is 38.5 Å². The van der Waals surface area contributed by atoms with Crippen molar-refractivity contribution in [3.63, 3.8) is 0 Å². The van der Waals surface area contributed by atoms with E-state index in [4.69, 9.17) is 4.98 Å². The van der Waals surface area contributed by atoms with Crippen LogP contribution in [0.2, 0.25) is 0 Å². The van der Waals surface area contributed by atoms with Crippen LogP contribution in [0, 0.1) is 0 Å². The van der Waals surface area contributed by atoms with Gasteiger partial charge in [0.2, 0.25) is 5.91 Å². The zero-order chi connectivity index (χ0) is 21.4. The Morgan fingerprint density at radius 1 is 1.06 bits per heavy atom. The number of likely N-dealkylation sites (N-methyl/N-ethyl adjacent to an activating group) is 1. The number of anilines is 1. The standard InChI is InChI=1S/C24H26N4O2S/c1-27-11-13-28(14-12-27)23(30)19-7-4-8-20-21(19)25-24(31-20)26-22(29)18-10-9-16-5-2-3-6-17(16)15-18/h2-3,5-6,9-10,15,19H,4,7-8,11-14H2,1H3,(H,25,26,29). The Bertz CT molecular complexity index is 1130. The van der Waals surface area contributed by atoms with Crippen LogP contribution in [0.25, 0.3) is 10.8 Å². The van der Waals surface area contributed by atoms with E-state index in [1.54, 1.807) is 0 Å². The molecule has 1 atom stereocenters. The Kier molecular flexibility index (Phi) is 5.46. The van der Waals surface area contributed by atoms with E-state index in [9.17, 15) is 9.59 Å². The first-order chi connectivity index (χ1) is 15.1. The number of rotatable bonds is 3. The number of fused-ring (bicyclic) bond motifs is 2. The summed E-state index contributed by atoms with van der Waals surface area (Å²) in [4.78, 5) is 36.1. The fourth-order valence-corrected chi connectivity index (χ4v) is 5.52. The second-order valence-corrected chi connectivity index (χ2v) is 9.50. The quantitative estimate of drug-likeness (QED) is 0.682. The molecular formula is C24H26N4O2S. The van der Waals surface area contributed by atoms with Crippen molar-refractivity contribution >= 4 is 39.1 Å². The molecule has 160 valence electrons. The predicted molar refractivity (Wildman–Crippen MR) is 124 cm³/mol. The molecule has 1 unspecified atom stereocenters. The van der Waals surface area contributed by atoms with Gasteiger partial charge in [-0.25, -0.2) is 4.98 Å². The van der Waals surface area contributed by atoms with E-state index >= 15 is 0 Å². The van der Waals surface area contributed by atoms with Crippen LogP contribution in [-0.4, -0.2) is 59.8 Å². The third-order valence-corrected chi connectivity index (χ3v) is 7.35. The number of carbonyl (C=O) groups is 2. The number of hydrogen-bond donors (Lipinski definition) is 1. The van der Waals surface area contributed by atoms with E-state index in [-0.39, 0.29) is 17.7 Å². The molecule has 1 aromatic heterocycles. The average Bonchev–Trinajstić information content (AvgIpc) is 3.21. The highest BCUT2D eigenvalue weighted by molar-refractivity contribution is 7.16. The molecule has 0 bridgehead atoms. The molecular weight excluding hydrogens is 408 g/mol. The lowest BCUT2D eigenvalue weighted by Gasteiger charge is -2.35. The zero-order valence-electron chi connectivity index (χ0n) is 17.6. The summed E-state index contributed by atoms with van der Waals surface area (Å²) in [5.41, 5.74) is 1.48. The summed E-state index contributed by atoms with van der Waals surface area (Å²) >= 11 is 1.51. The van der Waals surface area contributed by atoms with Gasteiger partial charge in [0.15, 0.2) is 5.13 Å². The van der Waals surface area contributed by atoms with Crippen LogP contribution in [0.15, 0.2) is 42.5 Å². The minimum Gasteiger partial charge on any atom is -0.340 e. The summed E-state index contributed by atoms with van der Waals surface area (Å²) in [6.07, 6.45) is 2.74. The predicted octanol–water partition coefficient (Wildman–Crippen LogP) is 3.74. The van der Waals surface area contributed by atoms with Crippen molar-refractivity contribution in [2.45, 2.75) is 25.2 Å². The van der Waals surface area contributed by atoms with Gasteiger partial charge in [0.05, 0.1) is 11.6 Å². The molecule has 1 N–H and O–H groups in total. The first-order valence-electron chi connectivity index (χ1n) is 10.9. The van der Waals surface area contributed by atoms with E-state index in [1.807, 2.05) is 47.4 Å². The number of aryl methyl sites for hydroxylation is 1. The van der Waals surface area contributed by atoms with Gasteiger partial charge >= 0.3 is 0 Å². The minimum atomic E-state index is -0.185. The van der Waals surface area contributed by atoms with Crippen molar-refractivity contribution in [3.8, 4) is 0 Å². The molecule has 0 saturated carbocycles. The van der Waals surface area contributed by atoms with E-state index < -0.39 is 0 Å². The Morgan fingerprint density at radius 3 is 2.65 bits per heavy atom. The SMILES string of the molecule is CN1CCN(C(=O)C2CCCc3sc(NC(=O)c4ccc5ccccc5c4)nc32)CC1. The van der Waals surface area contributed by atoms with Crippen LogP contribution in [0.4, 0.5) is 5.13 Å². The van der Waals surface area contributed by atoms with Crippen molar-refractivity contribution in [3.05, 3.63) is 58.6 Å². The Hall–Kier alpha value is -2.77. The highest BCUT2D eigenvalue weighted by Crippen LogP contribution is 2.38. The van der Waals surface area contributed by atoms with Gasteiger partial charge in [0, 0.05) is 36.6 Å². The van der Waals surface area contributed by atoms with Crippen LogP contribution in [0.1, 0.15) is 39.7 Å². The molecule has 2 aromatic carbocycles. The molecule has 1 fully saturated rings. The smallest absolute Gasteiger partial charge is 0.257 e. The molecule has 0 radical (unpaired) electrons. The Labute approximate surface area is 185 Å². The molecule has 2 heterocycles. The fourth-order valence-electron chi connectivity index (χ4n) is 4.46. The maximum Gasteiger partial charge on any atom is 0.257 e. The molecule has 2 amide bonds. The van der Waals surface area contributed by atoms with E-state index in [0.29, 0.717) is 10.7 Å². The van der Waals surface area contributed by atoms with E-state index in [0.717, 1.165) is 66.8 Å². The monoisotopic (exact) mass is 434 g/mol. The lowest BCUT2D eigenvalue weighted by atomic mass is 9.89. The number of nitrogens with one attached hydrogen (secondary N) is 1. The first kappa shape index (κ1) is 20.2. The highest BCUT2D eigenvalue weighted by atomic mass is 32.1. The number of piperazine rings is 1. The third-order valence-electron chi connectivity index (χ3n) is 6.30. The Balaban J connectivity index is 1.33. The van der Waals surface area contributed by atoms with Gasteiger partial charge in [-0.3, -0.25) is 14.9 Å². The third kappa shape index (κ3) is 4.07. The molecule has 5 rings (SSSR count). The number of carbonyl (C=O) groups excluding carboxylic acids is 2. The lowest BCUT2D eigenvalue weighted by molar-refractivity contribution is -0.134. The topological polar surface area (TPSA) is 65.5 Å². The van der Waals surface area contributed by atoms with Gasteiger partial charge < -0.3 is 9.80 Å². The summed E-state index contributed by atoms with van der Waals surface area (Å²) in [5, 5.41) is 5.69. The van der Waals surface area contributed by atoms with Gasteiger partial charge in [-0.1, -0.05) is 30.3 Å².